The van der Waals surface area contributed by atoms with E-state index in [0.29, 0.717) is 0 Å². The highest BCUT2D eigenvalue weighted by Crippen LogP contribution is 2.34. The second-order valence-corrected chi connectivity index (χ2v) is 5.24. The van der Waals surface area contributed by atoms with Gasteiger partial charge >= 0.3 is 0 Å². The highest BCUT2D eigenvalue weighted by atomic mass is 16.3. The Morgan fingerprint density at radius 3 is 1.77 bits per heavy atom. The number of aliphatic hydroxyl groups excluding tert-OH is 2. The van der Waals surface area contributed by atoms with E-state index in [1.54, 1.807) is 0 Å². The molecule has 0 aliphatic heterocycles. The summed E-state index contributed by atoms with van der Waals surface area (Å²) in [5.41, 5.74) is 5.11. The van der Waals surface area contributed by atoms with E-state index < -0.39 is 6.10 Å². The highest BCUT2D eigenvalue weighted by Gasteiger charge is 2.12. The van der Waals surface area contributed by atoms with Crippen molar-refractivity contribution in [3.05, 3.63) is 84.4 Å². The Hall–Kier alpha value is -2.42. The van der Waals surface area contributed by atoms with Crippen molar-refractivity contribution in [2.45, 2.75) is 6.10 Å². The molecule has 0 saturated carbocycles. The molecule has 3 rings (SSSR count). The van der Waals surface area contributed by atoms with E-state index in [2.05, 4.69) is 24.3 Å². The summed E-state index contributed by atoms with van der Waals surface area (Å²) in [6, 6.07) is 26.1. The van der Waals surface area contributed by atoms with Crippen molar-refractivity contribution in [3.8, 4) is 22.3 Å². The van der Waals surface area contributed by atoms with Crippen LogP contribution in [0.5, 0.6) is 0 Å². The Kier molecular flexibility index (Phi) is 4.33. The van der Waals surface area contributed by atoms with Gasteiger partial charge in [-0.2, -0.15) is 0 Å². The smallest absolute Gasteiger partial charge is 0.102 e. The number of hydrogen-bond donors (Lipinski definition) is 2. The van der Waals surface area contributed by atoms with Crippen molar-refractivity contribution in [1.29, 1.82) is 0 Å². The van der Waals surface area contributed by atoms with Gasteiger partial charge in [-0.15, -0.1) is 0 Å². The molecule has 3 aromatic carbocycles. The van der Waals surface area contributed by atoms with E-state index in [-0.39, 0.29) is 6.61 Å². The summed E-state index contributed by atoms with van der Waals surface area (Å²) in [7, 11) is 0. The number of rotatable bonds is 4. The van der Waals surface area contributed by atoms with Gasteiger partial charge in [0.15, 0.2) is 0 Å². The molecule has 2 nitrogen and oxygen atoms in total. The molecular formula is C20H18O2. The van der Waals surface area contributed by atoms with Crippen LogP contribution in [0.1, 0.15) is 11.7 Å². The predicted octanol–water partition coefficient (Wildman–Crippen LogP) is 4.05. The van der Waals surface area contributed by atoms with Crippen LogP contribution in [0.3, 0.4) is 0 Å². The minimum absolute atomic E-state index is 0.279. The minimum Gasteiger partial charge on any atom is -0.393 e. The van der Waals surface area contributed by atoms with Crippen LogP contribution in [0.25, 0.3) is 22.3 Å². The Morgan fingerprint density at radius 1 is 0.682 bits per heavy atom. The summed E-state index contributed by atoms with van der Waals surface area (Å²) in [5.74, 6) is 0. The Bertz CT molecular complexity index is 736. The molecule has 0 amide bonds. The lowest BCUT2D eigenvalue weighted by molar-refractivity contribution is 0.0956. The molecule has 0 saturated heterocycles. The third-order valence-corrected chi connectivity index (χ3v) is 3.77. The van der Waals surface area contributed by atoms with Crippen LogP contribution in [0, 0.1) is 0 Å². The molecule has 0 aromatic heterocycles. The number of benzene rings is 3. The van der Waals surface area contributed by atoms with Crippen LogP contribution in [0.2, 0.25) is 0 Å². The van der Waals surface area contributed by atoms with Crippen LogP contribution < -0.4 is 0 Å². The zero-order chi connectivity index (χ0) is 15.4. The zero-order valence-electron chi connectivity index (χ0n) is 12.2. The van der Waals surface area contributed by atoms with Gasteiger partial charge < -0.3 is 10.2 Å². The second kappa shape index (κ2) is 6.56. The van der Waals surface area contributed by atoms with Crippen molar-refractivity contribution >= 4 is 0 Å². The quantitative estimate of drug-likeness (QED) is 0.761. The first-order valence-corrected chi connectivity index (χ1v) is 7.33. The van der Waals surface area contributed by atoms with Crippen molar-refractivity contribution < 1.29 is 10.2 Å². The number of aliphatic hydroxyl groups is 2. The first-order valence-electron chi connectivity index (χ1n) is 7.33. The van der Waals surface area contributed by atoms with Crippen LogP contribution in [-0.4, -0.2) is 16.8 Å². The molecule has 2 heteroatoms. The molecule has 0 spiro atoms. The van der Waals surface area contributed by atoms with Crippen molar-refractivity contribution in [2.75, 3.05) is 6.61 Å². The highest BCUT2D eigenvalue weighted by molar-refractivity contribution is 5.83. The van der Waals surface area contributed by atoms with Gasteiger partial charge in [0.2, 0.25) is 0 Å². The Balaban J connectivity index is 2.18. The van der Waals surface area contributed by atoms with E-state index >= 15 is 0 Å². The van der Waals surface area contributed by atoms with Gasteiger partial charge in [0, 0.05) is 0 Å². The van der Waals surface area contributed by atoms with Crippen molar-refractivity contribution in [1.82, 2.24) is 0 Å². The summed E-state index contributed by atoms with van der Waals surface area (Å²) >= 11 is 0. The molecule has 0 unspecified atom stereocenters. The van der Waals surface area contributed by atoms with E-state index in [1.165, 1.54) is 0 Å². The van der Waals surface area contributed by atoms with E-state index in [1.807, 2.05) is 54.6 Å². The lowest BCUT2D eigenvalue weighted by Gasteiger charge is -2.15. The van der Waals surface area contributed by atoms with Gasteiger partial charge in [0.1, 0.15) is 6.10 Å². The van der Waals surface area contributed by atoms with Gasteiger partial charge in [-0.25, -0.2) is 0 Å². The standard InChI is InChI=1S/C20H18O2/c21-14-20(22)17-11-12-18(15-7-3-1-4-8-15)19(13-17)16-9-5-2-6-10-16/h1-13,20-22H,14H2/t20-/m1/s1. The first-order chi connectivity index (χ1) is 10.8. The Morgan fingerprint density at radius 2 is 1.23 bits per heavy atom. The van der Waals surface area contributed by atoms with Crippen LogP contribution >= 0.6 is 0 Å². The molecule has 110 valence electrons. The summed E-state index contributed by atoms with van der Waals surface area (Å²) in [4.78, 5) is 0. The maximum absolute atomic E-state index is 9.91. The zero-order valence-corrected chi connectivity index (χ0v) is 12.2. The largest absolute Gasteiger partial charge is 0.393 e. The maximum atomic E-state index is 9.91. The molecular weight excluding hydrogens is 272 g/mol. The minimum atomic E-state index is -0.854. The topological polar surface area (TPSA) is 40.5 Å². The van der Waals surface area contributed by atoms with Gasteiger partial charge in [-0.05, 0) is 33.9 Å². The fraction of sp³-hybridized carbons (Fsp3) is 0.100. The molecule has 22 heavy (non-hydrogen) atoms. The molecule has 3 aromatic rings. The molecule has 0 radical (unpaired) electrons. The van der Waals surface area contributed by atoms with Gasteiger partial charge in [-0.1, -0.05) is 72.8 Å². The molecule has 0 fully saturated rings. The predicted molar refractivity (Wildman–Crippen MR) is 89.4 cm³/mol. The molecule has 1 atom stereocenters. The molecule has 0 aliphatic rings. The lowest BCUT2D eigenvalue weighted by Crippen LogP contribution is -2.02. The van der Waals surface area contributed by atoms with E-state index in [0.717, 1.165) is 27.8 Å². The molecule has 0 bridgehead atoms. The van der Waals surface area contributed by atoms with E-state index in [9.17, 15) is 10.2 Å². The maximum Gasteiger partial charge on any atom is 0.102 e. The first kappa shape index (κ1) is 14.5. The molecule has 0 heterocycles. The van der Waals surface area contributed by atoms with Gasteiger partial charge in [-0.3, -0.25) is 0 Å². The van der Waals surface area contributed by atoms with Gasteiger partial charge in [0.05, 0.1) is 6.61 Å². The molecule has 0 aliphatic carbocycles. The van der Waals surface area contributed by atoms with Crippen LogP contribution in [0.15, 0.2) is 78.9 Å². The lowest BCUT2D eigenvalue weighted by atomic mass is 9.92. The van der Waals surface area contributed by atoms with Crippen molar-refractivity contribution in [3.63, 3.8) is 0 Å². The second-order valence-electron chi connectivity index (χ2n) is 5.24. The summed E-state index contributed by atoms with van der Waals surface area (Å²) in [6.45, 7) is -0.279. The van der Waals surface area contributed by atoms with Gasteiger partial charge in [0.25, 0.3) is 0 Å². The third-order valence-electron chi connectivity index (χ3n) is 3.77. The fourth-order valence-electron chi connectivity index (χ4n) is 2.60. The average Bonchev–Trinajstić information content (AvgIpc) is 2.62. The normalized spacial score (nSPS) is 12.1. The number of hydrogen-bond acceptors (Lipinski definition) is 2. The van der Waals surface area contributed by atoms with Crippen molar-refractivity contribution in [2.24, 2.45) is 0 Å². The summed E-state index contributed by atoms with van der Waals surface area (Å²) in [5, 5.41) is 19.1. The Labute approximate surface area is 130 Å². The summed E-state index contributed by atoms with van der Waals surface area (Å²) in [6.07, 6.45) is -0.854. The fourth-order valence-corrected chi connectivity index (χ4v) is 2.60. The van der Waals surface area contributed by atoms with Crippen LogP contribution in [-0.2, 0) is 0 Å². The third kappa shape index (κ3) is 2.93. The van der Waals surface area contributed by atoms with Crippen LogP contribution in [0.4, 0.5) is 0 Å². The monoisotopic (exact) mass is 290 g/mol. The SMILES string of the molecule is OC[C@@H](O)c1ccc(-c2ccccc2)c(-c2ccccc2)c1. The van der Waals surface area contributed by atoms with E-state index in [4.69, 9.17) is 0 Å². The average molecular weight is 290 g/mol. The summed E-state index contributed by atoms with van der Waals surface area (Å²) < 4.78 is 0. The molecule has 2 N–H and O–H groups in total.